The van der Waals surface area contributed by atoms with Gasteiger partial charge in [-0.2, -0.15) is 0 Å². The van der Waals surface area contributed by atoms with E-state index in [2.05, 4.69) is 4.98 Å². The highest BCUT2D eigenvalue weighted by atomic mass is 16.6. The number of aromatic nitrogens is 2. The lowest BCUT2D eigenvalue weighted by Crippen LogP contribution is -2.41. The molecule has 1 aliphatic heterocycles. The monoisotopic (exact) mass is 322 g/mol. The first-order valence-corrected chi connectivity index (χ1v) is 6.85. The molecule has 3 atom stereocenters. The standard InChI is InChI=1S/C13H15BN2O7/c1-6(17)21-5-10-9(22-7(2)18)3-11(23-10)16-4-8(14)12(19)15-13(16)20/h4,9-11H,3,5H2,1-2H3,(H,15,19,20)/t9?,10-,11-/m1/s1. The number of aromatic amines is 1. The van der Waals surface area contributed by atoms with E-state index < -0.39 is 41.6 Å². The van der Waals surface area contributed by atoms with E-state index in [4.69, 9.17) is 22.1 Å². The summed E-state index contributed by atoms with van der Waals surface area (Å²) in [5, 5.41) is 0. The van der Waals surface area contributed by atoms with Crippen LogP contribution >= 0.6 is 0 Å². The molecule has 2 radical (unpaired) electrons. The minimum atomic E-state index is -0.813. The molecule has 9 nitrogen and oxygen atoms in total. The van der Waals surface area contributed by atoms with E-state index in [-0.39, 0.29) is 18.5 Å². The van der Waals surface area contributed by atoms with Crippen molar-refractivity contribution < 1.29 is 23.8 Å². The fraction of sp³-hybridized carbons (Fsp3) is 0.538. The Bertz CT molecular complexity index is 726. The van der Waals surface area contributed by atoms with Crippen LogP contribution in [-0.2, 0) is 23.8 Å². The van der Waals surface area contributed by atoms with E-state index in [1.165, 1.54) is 13.8 Å². The van der Waals surface area contributed by atoms with Gasteiger partial charge in [0.15, 0.2) is 0 Å². The third-order valence-corrected chi connectivity index (χ3v) is 3.25. The predicted molar refractivity (Wildman–Crippen MR) is 77.4 cm³/mol. The summed E-state index contributed by atoms with van der Waals surface area (Å²) in [4.78, 5) is 47.3. The van der Waals surface area contributed by atoms with Gasteiger partial charge in [-0.15, -0.1) is 0 Å². The number of hydrogen-bond acceptors (Lipinski definition) is 7. The molecule has 0 aromatic carbocycles. The minimum Gasteiger partial charge on any atom is -0.463 e. The third kappa shape index (κ3) is 4.10. The zero-order valence-electron chi connectivity index (χ0n) is 12.6. The lowest BCUT2D eigenvalue weighted by Gasteiger charge is -2.17. The van der Waals surface area contributed by atoms with Crippen LogP contribution in [0.1, 0.15) is 26.5 Å². The lowest BCUT2D eigenvalue weighted by molar-refractivity contribution is -0.155. The Morgan fingerprint density at radius 2 is 2.09 bits per heavy atom. The van der Waals surface area contributed by atoms with Crippen molar-refractivity contribution in [3.8, 4) is 0 Å². The number of nitrogens with one attached hydrogen (secondary N) is 1. The molecular formula is C13H15BN2O7. The molecule has 10 heteroatoms. The average molecular weight is 322 g/mol. The molecule has 0 spiro atoms. The largest absolute Gasteiger partial charge is 0.463 e. The topological polar surface area (TPSA) is 117 Å². The van der Waals surface area contributed by atoms with Crippen molar-refractivity contribution in [2.75, 3.05) is 6.61 Å². The second kappa shape index (κ2) is 6.82. The third-order valence-electron chi connectivity index (χ3n) is 3.25. The van der Waals surface area contributed by atoms with Gasteiger partial charge in [-0.3, -0.25) is 23.9 Å². The number of rotatable bonds is 4. The van der Waals surface area contributed by atoms with E-state index in [1.807, 2.05) is 0 Å². The highest BCUT2D eigenvalue weighted by Gasteiger charge is 2.39. The van der Waals surface area contributed by atoms with Gasteiger partial charge >= 0.3 is 17.6 Å². The molecule has 1 aromatic rings. The molecule has 1 aliphatic rings. The lowest BCUT2D eigenvalue weighted by atomic mass is 10.0. The molecule has 2 heterocycles. The second-order valence-electron chi connectivity index (χ2n) is 5.07. The van der Waals surface area contributed by atoms with Gasteiger partial charge in [0.1, 0.15) is 32.9 Å². The maximum Gasteiger partial charge on any atom is 0.330 e. The second-order valence-corrected chi connectivity index (χ2v) is 5.07. The first kappa shape index (κ1) is 17.0. The Morgan fingerprint density at radius 3 is 2.70 bits per heavy atom. The first-order valence-electron chi connectivity index (χ1n) is 6.85. The molecule has 1 saturated heterocycles. The molecular weight excluding hydrogens is 307 g/mol. The summed E-state index contributed by atoms with van der Waals surface area (Å²) >= 11 is 0. The van der Waals surface area contributed by atoms with Crippen LogP contribution < -0.4 is 16.7 Å². The molecule has 0 amide bonds. The molecule has 1 unspecified atom stereocenters. The van der Waals surface area contributed by atoms with Crippen molar-refractivity contribution >= 4 is 25.2 Å². The Hall–Kier alpha value is -2.36. The SMILES string of the molecule is [B]c1cn([C@H]2CC(OC(C)=O)[C@@H](COC(C)=O)O2)c(=O)[nH]c1=O. The van der Waals surface area contributed by atoms with Crippen LogP contribution in [0.2, 0.25) is 0 Å². The van der Waals surface area contributed by atoms with E-state index in [0.717, 1.165) is 10.8 Å². The maximum atomic E-state index is 11.9. The zero-order valence-corrected chi connectivity index (χ0v) is 12.6. The van der Waals surface area contributed by atoms with Gasteiger partial charge in [0.05, 0.1) is 0 Å². The molecule has 122 valence electrons. The van der Waals surface area contributed by atoms with Crippen LogP contribution in [-0.4, -0.2) is 48.2 Å². The first-order chi connectivity index (χ1) is 10.8. The zero-order chi connectivity index (χ0) is 17.1. The number of esters is 2. The number of carbonyl (C=O) groups is 2. The van der Waals surface area contributed by atoms with Crippen LogP contribution in [0.3, 0.4) is 0 Å². The van der Waals surface area contributed by atoms with Crippen molar-refractivity contribution in [2.45, 2.75) is 38.7 Å². The number of nitrogens with zero attached hydrogens (tertiary/aromatic N) is 1. The fourth-order valence-corrected chi connectivity index (χ4v) is 2.27. The van der Waals surface area contributed by atoms with Gasteiger partial charge < -0.3 is 14.2 Å². The van der Waals surface area contributed by atoms with E-state index in [9.17, 15) is 19.2 Å². The summed E-state index contributed by atoms with van der Waals surface area (Å²) in [7, 11) is 5.49. The summed E-state index contributed by atoms with van der Waals surface area (Å²) in [6, 6.07) is 0. The van der Waals surface area contributed by atoms with Crippen LogP contribution in [0.15, 0.2) is 15.8 Å². The summed E-state index contributed by atoms with van der Waals surface area (Å²) in [6.07, 6.45) is -0.932. The molecule has 0 aliphatic carbocycles. The van der Waals surface area contributed by atoms with Crippen LogP contribution in [0.4, 0.5) is 0 Å². The van der Waals surface area contributed by atoms with Crippen molar-refractivity contribution in [2.24, 2.45) is 0 Å². The molecule has 0 bridgehead atoms. The van der Waals surface area contributed by atoms with Gasteiger partial charge in [-0.1, -0.05) is 0 Å². The molecule has 0 saturated carbocycles. The van der Waals surface area contributed by atoms with Crippen molar-refractivity contribution in [1.29, 1.82) is 0 Å². The van der Waals surface area contributed by atoms with Gasteiger partial charge in [-0.25, -0.2) is 4.79 Å². The average Bonchev–Trinajstić information content (AvgIpc) is 2.82. The summed E-state index contributed by atoms with van der Waals surface area (Å²) in [5.74, 6) is -1.04. The number of hydrogen-bond donors (Lipinski definition) is 1. The Morgan fingerprint density at radius 1 is 1.39 bits per heavy atom. The van der Waals surface area contributed by atoms with Crippen LogP contribution in [0.5, 0.6) is 0 Å². The highest BCUT2D eigenvalue weighted by Crippen LogP contribution is 2.30. The van der Waals surface area contributed by atoms with E-state index in [1.54, 1.807) is 0 Å². The predicted octanol–water partition coefficient (Wildman–Crippen LogP) is -1.89. The molecule has 1 fully saturated rings. The highest BCUT2D eigenvalue weighted by molar-refractivity contribution is 6.31. The Labute approximate surface area is 131 Å². The number of H-pyrrole nitrogens is 1. The van der Waals surface area contributed by atoms with Gasteiger partial charge in [0, 0.05) is 26.5 Å². The van der Waals surface area contributed by atoms with Gasteiger partial charge in [0.25, 0.3) is 0 Å². The van der Waals surface area contributed by atoms with E-state index >= 15 is 0 Å². The Kier molecular flexibility index (Phi) is 5.04. The van der Waals surface area contributed by atoms with E-state index in [0.29, 0.717) is 0 Å². The smallest absolute Gasteiger partial charge is 0.330 e. The quantitative estimate of drug-likeness (QED) is 0.509. The number of ether oxygens (including phenoxy) is 3. The van der Waals surface area contributed by atoms with Crippen LogP contribution in [0.25, 0.3) is 0 Å². The maximum absolute atomic E-state index is 11.9. The molecule has 1 N–H and O–H groups in total. The Balaban J connectivity index is 2.23. The van der Waals surface area contributed by atoms with Crippen molar-refractivity contribution in [3.05, 3.63) is 27.0 Å². The molecule has 23 heavy (non-hydrogen) atoms. The summed E-state index contributed by atoms with van der Waals surface area (Å²) in [6.45, 7) is 2.35. The summed E-state index contributed by atoms with van der Waals surface area (Å²) < 4.78 is 16.7. The van der Waals surface area contributed by atoms with Crippen LogP contribution in [0, 0.1) is 0 Å². The van der Waals surface area contributed by atoms with Crippen molar-refractivity contribution in [1.82, 2.24) is 9.55 Å². The molecule has 2 rings (SSSR count). The fourth-order valence-electron chi connectivity index (χ4n) is 2.27. The number of carbonyl (C=O) groups excluding carboxylic acids is 2. The minimum absolute atomic E-state index is 0.128. The normalized spacial score (nSPS) is 23.5. The van der Waals surface area contributed by atoms with Gasteiger partial charge in [0.2, 0.25) is 5.56 Å². The molecule has 1 aromatic heterocycles. The van der Waals surface area contributed by atoms with Crippen molar-refractivity contribution in [3.63, 3.8) is 0 Å². The van der Waals surface area contributed by atoms with Gasteiger partial charge in [-0.05, 0) is 5.46 Å². The summed E-state index contributed by atoms with van der Waals surface area (Å²) in [5.41, 5.74) is -1.55.